The van der Waals surface area contributed by atoms with Crippen LogP contribution in [0.25, 0.3) is 0 Å². The first-order chi connectivity index (χ1) is 13.0. The van der Waals surface area contributed by atoms with Crippen molar-refractivity contribution in [2.75, 3.05) is 6.61 Å². The molecule has 2 aliphatic heterocycles. The quantitative estimate of drug-likeness (QED) is 0.525. The van der Waals surface area contributed by atoms with Crippen molar-refractivity contribution in [3.8, 4) is 0 Å². The third kappa shape index (κ3) is 1.77. The van der Waals surface area contributed by atoms with Crippen molar-refractivity contribution in [1.82, 2.24) is 0 Å². The first-order valence-corrected chi connectivity index (χ1v) is 10.5. The predicted molar refractivity (Wildman–Crippen MR) is 98.8 cm³/mol. The van der Waals surface area contributed by atoms with Gasteiger partial charge in [-0.1, -0.05) is 20.4 Å². The highest BCUT2D eigenvalue weighted by Gasteiger charge is 2.84. The lowest BCUT2D eigenvalue weighted by Gasteiger charge is -2.74. The molecule has 4 aliphatic carbocycles. The zero-order chi connectivity index (χ0) is 20.3. The Bertz CT molecular complexity index is 788. The second-order valence-electron chi connectivity index (χ2n) is 10.5. The number of allylic oxidation sites excluding steroid dienone is 1. The lowest BCUT2D eigenvalue weighted by molar-refractivity contribution is -0.448. The van der Waals surface area contributed by atoms with Gasteiger partial charge in [-0.2, -0.15) is 0 Å². The third-order valence-electron chi connectivity index (χ3n) is 9.08. The number of esters is 1. The second kappa shape index (κ2) is 5.27. The number of carbonyl (C=O) groups excluding carboxylic acids is 2. The van der Waals surface area contributed by atoms with Gasteiger partial charge in [0.1, 0.15) is 12.2 Å². The van der Waals surface area contributed by atoms with Crippen LogP contribution in [0.3, 0.4) is 0 Å². The van der Waals surface area contributed by atoms with E-state index in [0.717, 1.165) is 19.3 Å². The molecule has 2 N–H and O–H groups in total. The van der Waals surface area contributed by atoms with Gasteiger partial charge in [-0.3, -0.25) is 9.59 Å². The fraction of sp³-hybridized carbons (Fsp3) is 0.818. The van der Waals surface area contributed by atoms with Crippen molar-refractivity contribution in [3.63, 3.8) is 0 Å². The average Bonchev–Trinajstić information content (AvgIpc) is 2.81. The van der Waals surface area contributed by atoms with E-state index >= 15 is 0 Å². The summed E-state index contributed by atoms with van der Waals surface area (Å²) in [7, 11) is 0. The maximum absolute atomic E-state index is 13.5. The number of fused-ring (bicyclic) bond motifs is 2. The largest absolute Gasteiger partial charge is 0.462 e. The molecule has 2 saturated heterocycles. The summed E-state index contributed by atoms with van der Waals surface area (Å²) in [5, 5.41) is 23.2. The molecule has 8 atom stereocenters. The average molecular weight is 390 g/mol. The van der Waals surface area contributed by atoms with E-state index in [9.17, 15) is 19.8 Å². The maximum atomic E-state index is 13.5. The molecule has 6 heteroatoms. The Morgan fingerprint density at radius 3 is 2.68 bits per heavy atom. The minimum Gasteiger partial charge on any atom is -0.462 e. The number of ketones is 1. The van der Waals surface area contributed by atoms with Crippen molar-refractivity contribution >= 4 is 11.8 Å². The molecule has 4 saturated carbocycles. The van der Waals surface area contributed by atoms with Gasteiger partial charge < -0.3 is 19.7 Å². The van der Waals surface area contributed by atoms with Crippen LogP contribution in [0.1, 0.15) is 52.9 Å². The number of aliphatic hydroxyl groups excluding tert-OH is 1. The number of Topliss-reactive ketones (excluding diaryl/α,β-unsaturated/α-hetero) is 1. The number of ether oxygens (including phenoxy) is 2. The molecular formula is C22H30O6. The number of hydrogen-bond acceptors (Lipinski definition) is 6. The van der Waals surface area contributed by atoms with Gasteiger partial charge in [0.2, 0.25) is 5.79 Å². The molecule has 6 nitrogen and oxygen atoms in total. The zero-order valence-corrected chi connectivity index (χ0v) is 16.9. The highest BCUT2D eigenvalue weighted by molar-refractivity contribution is 6.04. The Hall–Kier alpha value is -1.24. The molecule has 154 valence electrons. The molecule has 6 fully saturated rings. The van der Waals surface area contributed by atoms with E-state index in [-0.39, 0.29) is 41.5 Å². The lowest BCUT2D eigenvalue weighted by Crippen LogP contribution is -2.83. The maximum Gasteiger partial charge on any atom is 0.302 e. The van der Waals surface area contributed by atoms with Crippen LogP contribution in [0.2, 0.25) is 0 Å². The monoisotopic (exact) mass is 390 g/mol. The summed E-state index contributed by atoms with van der Waals surface area (Å²) in [4.78, 5) is 25.4. The van der Waals surface area contributed by atoms with E-state index in [2.05, 4.69) is 20.4 Å². The highest BCUT2D eigenvalue weighted by atomic mass is 16.6. The predicted octanol–water partition coefficient (Wildman–Crippen LogP) is 1.98. The van der Waals surface area contributed by atoms with Gasteiger partial charge in [-0.05, 0) is 54.9 Å². The van der Waals surface area contributed by atoms with Crippen molar-refractivity contribution in [2.45, 2.75) is 70.9 Å². The first-order valence-electron chi connectivity index (χ1n) is 10.5. The van der Waals surface area contributed by atoms with Gasteiger partial charge >= 0.3 is 5.97 Å². The molecule has 6 aliphatic rings. The summed E-state index contributed by atoms with van der Waals surface area (Å²) in [6.45, 7) is 9.82. The molecule has 0 unspecified atom stereocenters. The molecular weight excluding hydrogens is 360 g/mol. The SMILES string of the molecule is C=C1C(=O)[C@]23C[C@H]1CC[C@H]2[C@@]12CO[C@@]3(O)[C@@H](O)[C@@H]1C(C)(C)CC[C@@H]2OC(C)=O. The Balaban J connectivity index is 1.76. The van der Waals surface area contributed by atoms with Crippen LogP contribution in [-0.4, -0.2) is 46.6 Å². The Morgan fingerprint density at radius 1 is 1.29 bits per heavy atom. The Labute approximate surface area is 165 Å². The molecule has 0 radical (unpaired) electrons. The number of hydrogen-bond donors (Lipinski definition) is 2. The number of aliphatic hydroxyl groups is 2. The van der Waals surface area contributed by atoms with E-state index < -0.39 is 28.8 Å². The molecule has 4 bridgehead atoms. The molecule has 6 rings (SSSR count). The standard InChI is InChI=1S/C22H30O6/c1-11-13-5-6-14-20-10-27-22(26,21(14,9-13)17(11)24)18(25)16(20)19(3,4)8-7-15(20)28-12(2)23/h13-16,18,25-26H,1,5-10H2,2-4H3/t13-,14+,15+,16-,18+,20-,21+,22+/m1/s1. The van der Waals surface area contributed by atoms with E-state index in [1.54, 1.807) is 0 Å². The van der Waals surface area contributed by atoms with Crippen LogP contribution in [0.5, 0.6) is 0 Å². The lowest BCUT2D eigenvalue weighted by atomic mass is 9.36. The normalized spacial score (nSPS) is 53.5. The van der Waals surface area contributed by atoms with E-state index in [1.165, 1.54) is 6.92 Å². The smallest absolute Gasteiger partial charge is 0.302 e. The molecule has 2 spiro atoms. The number of rotatable bonds is 1. The minimum atomic E-state index is -1.91. The summed E-state index contributed by atoms with van der Waals surface area (Å²) in [6, 6.07) is 0. The Morgan fingerprint density at radius 2 is 2.00 bits per heavy atom. The third-order valence-corrected chi connectivity index (χ3v) is 9.08. The highest BCUT2D eigenvalue weighted by Crippen LogP contribution is 2.76. The van der Waals surface area contributed by atoms with Gasteiger partial charge in [0, 0.05) is 18.3 Å². The van der Waals surface area contributed by atoms with Gasteiger partial charge in [-0.25, -0.2) is 0 Å². The summed E-state index contributed by atoms with van der Waals surface area (Å²) >= 11 is 0. The van der Waals surface area contributed by atoms with Gasteiger partial charge in [0.15, 0.2) is 5.78 Å². The van der Waals surface area contributed by atoms with Crippen LogP contribution in [0.4, 0.5) is 0 Å². The molecule has 28 heavy (non-hydrogen) atoms. The fourth-order valence-corrected chi connectivity index (χ4v) is 8.16. The van der Waals surface area contributed by atoms with Gasteiger partial charge in [0.25, 0.3) is 0 Å². The van der Waals surface area contributed by atoms with E-state index in [0.29, 0.717) is 18.4 Å². The summed E-state index contributed by atoms with van der Waals surface area (Å²) < 4.78 is 11.8. The molecule has 0 aromatic rings. The second-order valence-corrected chi connectivity index (χ2v) is 10.5. The Kier molecular flexibility index (Phi) is 3.53. The summed E-state index contributed by atoms with van der Waals surface area (Å²) in [6.07, 6.45) is 1.85. The van der Waals surface area contributed by atoms with Crippen molar-refractivity contribution in [3.05, 3.63) is 12.2 Å². The number of carbonyl (C=O) groups is 2. The van der Waals surface area contributed by atoms with Gasteiger partial charge in [-0.15, -0.1) is 0 Å². The van der Waals surface area contributed by atoms with Crippen LogP contribution in [0, 0.1) is 34.0 Å². The molecule has 0 amide bonds. The summed E-state index contributed by atoms with van der Waals surface area (Å²) in [5.74, 6) is -2.91. The molecule has 0 aromatic heterocycles. The van der Waals surface area contributed by atoms with E-state index in [4.69, 9.17) is 9.47 Å². The van der Waals surface area contributed by atoms with Crippen molar-refractivity contribution in [1.29, 1.82) is 0 Å². The van der Waals surface area contributed by atoms with Gasteiger partial charge in [0.05, 0.1) is 12.0 Å². The fourth-order valence-electron chi connectivity index (χ4n) is 8.16. The minimum absolute atomic E-state index is 0.0292. The van der Waals surface area contributed by atoms with Crippen LogP contribution in [0.15, 0.2) is 12.2 Å². The van der Waals surface area contributed by atoms with Crippen LogP contribution >= 0.6 is 0 Å². The molecule has 0 aromatic carbocycles. The van der Waals surface area contributed by atoms with Crippen LogP contribution in [-0.2, 0) is 19.1 Å². The van der Waals surface area contributed by atoms with E-state index in [1.807, 2.05) is 0 Å². The first kappa shape index (κ1) is 18.8. The van der Waals surface area contributed by atoms with Crippen molar-refractivity contribution < 1.29 is 29.3 Å². The topological polar surface area (TPSA) is 93.1 Å². The summed E-state index contributed by atoms with van der Waals surface area (Å²) in [5.41, 5.74) is -1.59. The molecule has 2 heterocycles. The van der Waals surface area contributed by atoms with Crippen molar-refractivity contribution in [2.24, 2.45) is 34.0 Å². The van der Waals surface area contributed by atoms with Crippen LogP contribution < -0.4 is 0 Å². The zero-order valence-electron chi connectivity index (χ0n) is 16.9.